The van der Waals surface area contributed by atoms with Crippen LogP contribution in [0.1, 0.15) is 45.1 Å². The molecule has 0 N–H and O–H groups in total. The van der Waals surface area contributed by atoms with Gasteiger partial charge in [0.2, 0.25) is 10.0 Å². The van der Waals surface area contributed by atoms with Crippen molar-refractivity contribution >= 4 is 21.7 Å². The van der Waals surface area contributed by atoms with E-state index in [1.54, 1.807) is 4.31 Å². The number of ether oxygens (including phenoxy) is 1. The molecule has 1 spiro atoms. The molecular weight excluding hydrogens is 438 g/mol. The number of carbonyl (C=O) groups is 1. The predicted molar refractivity (Wildman–Crippen MR) is 131 cm³/mol. The fraction of sp³-hybridized carbons (Fsp3) is 0.720. The number of benzene rings is 1. The van der Waals surface area contributed by atoms with Crippen molar-refractivity contribution in [2.24, 2.45) is 11.3 Å². The smallest absolute Gasteiger partial charge is 0.312 e. The van der Waals surface area contributed by atoms with Crippen LogP contribution in [0, 0.1) is 18.3 Å². The molecule has 0 unspecified atom stereocenters. The van der Waals surface area contributed by atoms with Crippen LogP contribution in [-0.4, -0.2) is 81.3 Å². The van der Waals surface area contributed by atoms with E-state index < -0.39 is 15.4 Å². The van der Waals surface area contributed by atoms with Crippen LogP contribution in [0.25, 0.3) is 0 Å². The van der Waals surface area contributed by atoms with Gasteiger partial charge < -0.3 is 9.64 Å². The van der Waals surface area contributed by atoms with E-state index in [9.17, 15) is 13.2 Å². The van der Waals surface area contributed by atoms with Gasteiger partial charge in [0.05, 0.1) is 11.2 Å². The van der Waals surface area contributed by atoms with Crippen LogP contribution >= 0.6 is 0 Å². The number of carbonyl (C=O) groups excluding carboxylic acids is 1. The summed E-state index contributed by atoms with van der Waals surface area (Å²) in [6, 6.07) is 8.72. The Bertz CT molecular complexity index is 915. The molecule has 0 saturated carbocycles. The first kappa shape index (κ1) is 24.5. The molecule has 3 aliphatic heterocycles. The van der Waals surface area contributed by atoms with Gasteiger partial charge in [-0.2, -0.15) is 0 Å². The van der Waals surface area contributed by atoms with Crippen LogP contribution < -0.4 is 4.90 Å². The minimum atomic E-state index is -3.24. The van der Waals surface area contributed by atoms with Crippen LogP contribution in [0.2, 0.25) is 0 Å². The van der Waals surface area contributed by atoms with Crippen molar-refractivity contribution in [3.05, 3.63) is 29.8 Å². The summed E-state index contributed by atoms with van der Waals surface area (Å²) in [5.41, 5.74) is 2.08. The number of hydrogen-bond acceptors (Lipinski definition) is 6. The number of rotatable bonds is 7. The summed E-state index contributed by atoms with van der Waals surface area (Å²) < 4.78 is 32.5. The summed E-state index contributed by atoms with van der Waals surface area (Å²) in [6.45, 7) is 11.8. The molecule has 1 aromatic rings. The summed E-state index contributed by atoms with van der Waals surface area (Å²) in [6.07, 6.45) is 2.69. The summed E-state index contributed by atoms with van der Waals surface area (Å²) in [5, 5.41) is 0. The largest absolute Gasteiger partial charge is 0.462 e. The number of aryl methyl sites for hydroxylation is 1. The summed E-state index contributed by atoms with van der Waals surface area (Å²) in [5.74, 6) is 0.160. The molecule has 0 bridgehead atoms. The molecule has 0 amide bonds. The van der Waals surface area contributed by atoms with E-state index >= 15 is 0 Å². The highest BCUT2D eigenvalue weighted by Crippen LogP contribution is 2.44. The average Bonchev–Trinajstić information content (AvgIpc) is 3.07. The van der Waals surface area contributed by atoms with Crippen LogP contribution in [0.4, 0.5) is 5.69 Å². The first-order valence-corrected chi connectivity index (χ1v) is 14.0. The van der Waals surface area contributed by atoms with Gasteiger partial charge in [-0.05, 0) is 44.2 Å². The van der Waals surface area contributed by atoms with E-state index in [0.29, 0.717) is 25.9 Å². The molecule has 0 aliphatic carbocycles. The van der Waals surface area contributed by atoms with Crippen LogP contribution in [0.15, 0.2) is 24.3 Å². The minimum absolute atomic E-state index is 0.0496. The molecule has 3 fully saturated rings. The van der Waals surface area contributed by atoms with Gasteiger partial charge in [0.15, 0.2) is 0 Å². The van der Waals surface area contributed by atoms with Gasteiger partial charge in [-0.15, -0.1) is 0 Å². The molecule has 7 nitrogen and oxygen atoms in total. The monoisotopic (exact) mass is 477 g/mol. The number of piperazine rings is 1. The summed E-state index contributed by atoms with van der Waals surface area (Å²) in [7, 11) is -3.24. The van der Waals surface area contributed by atoms with Gasteiger partial charge in [0.1, 0.15) is 6.10 Å². The van der Waals surface area contributed by atoms with Crippen molar-refractivity contribution in [1.82, 2.24) is 9.21 Å². The Kier molecular flexibility index (Phi) is 7.36. The quantitative estimate of drug-likeness (QED) is 0.563. The Morgan fingerprint density at radius 2 is 1.67 bits per heavy atom. The number of sulfonamides is 1. The molecule has 184 valence electrons. The molecule has 3 heterocycles. The van der Waals surface area contributed by atoms with E-state index in [2.05, 4.69) is 41.0 Å². The van der Waals surface area contributed by atoms with E-state index in [1.165, 1.54) is 11.3 Å². The fourth-order valence-electron chi connectivity index (χ4n) is 5.44. The molecule has 8 heteroatoms. The maximum atomic E-state index is 12.8. The van der Waals surface area contributed by atoms with Gasteiger partial charge in [-0.1, -0.05) is 31.5 Å². The van der Waals surface area contributed by atoms with Crippen molar-refractivity contribution in [3.63, 3.8) is 0 Å². The Labute approximate surface area is 199 Å². The lowest BCUT2D eigenvalue weighted by molar-refractivity contribution is -0.150. The number of hydrogen-bond donors (Lipinski definition) is 0. The van der Waals surface area contributed by atoms with Gasteiger partial charge in [-0.25, -0.2) is 12.7 Å². The maximum absolute atomic E-state index is 12.8. The summed E-state index contributed by atoms with van der Waals surface area (Å²) >= 11 is 0. The zero-order valence-corrected chi connectivity index (χ0v) is 21.1. The lowest BCUT2D eigenvalue weighted by atomic mass is 9.76. The predicted octanol–water partition coefficient (Wildman–Crippen LogP) is 2.89. The standard InChI is InChI=1S/C25H39N3O4S/c1-20(2)19-33(30,31)28-12-9-25(10-13-28)18-23(32-24(25)29)8-11-26-14-16-27(17-15-26)22-6-4-21(3)5-7-22/h4-7,20,23H,8-19H2,1-3H3/t23-/m1/s1. The van der Waals surface area contributed by atoms with Gasteiger partial charge in [-0.3, -0.25) is 9.69 Å². The molecule has 0 aromatic heterocycles. The fourth-order valence-corrected chi connectivity index (χ4v) is 7.23. The third-order valence-corrected chi connectivity index (χ3v) is 9.72. The second-order valence-corrected chi connectivity index (χ2v) is 12.5. The van der Waals surface area contributed by atoms with Crippen molar-refractivity contribution in [2.45, 2.75) is 52.6 Å². The van der Waals surface area contributed by atoms with Crippen LogP contribution in [-0.2, 0) is 19.6 Å². The molecular formula is C25H39N3O4S. The van der Waals surface area contributed by atoms with Crippen molar-refractivity contribution in [1.29, 1.82) is 0 Å². The highest BCUT2D eigenvalue weighted by atomic mass is 32.2. The molecule has 3 aliphatic rings. The van der Waals surface area contributed by atoms with Gasteiger partial charge >= 0.3 is 5.97 Å². The number of esters is 1. The molecule has 1 aromatic carbocycles. The van der Waals surface area contributed by atoms with E-state index in [0.717, 1.165) is 45.6 Å². The topological polar surface area (TPSA) is 70.2 Å². The molecule has 0 radical (unpaired) electrons. The average molecular weight is 478 g/mol. The van der Waals surface area contributed by atoms with E-state index in [-0.39, 0.29) is 23.7 Å². The van der Waals surface area contributed by atoms with E-state index in [1.807, 2.05) is 13.8 Å². The lowest BCUT2D eigenvalue weighted by Gasteiger charge is -2.37. The molecule has 4 rings (SSSR count). The third-order valence-electron chi connectivity index (χ3n) is 7.48. The van der Waals surface area contributed by atoms with Gasteiger partial charge in [0, 0.05) is 57.9 Å². The first-order chi connectivity index (χ1) is 15.7. The normalized spacial score (nSPS) is 24.5. The van der Waals surface area contributed by atoms with Gasteiger partial charge in [0.25, 0.3) is 0 Å². The summed E-state index contributed by atoms with van der Waals surface area (Å²) in [4.78, 5) is 17.7. The second kappa shape index (κ2) is 9.92. The Morgan fingerprint density at radius 3 is 2.27 bits per heavy atom. The number of cyclic esters (lactones) is 1. The van der Waals surface area contributed by atoms with E-state index in [4.69, 9.17) is 4.74 Å². The Hall–Kier alpha value is -1.64. The first-order valence-electron chi connectivity index (χ1n) is 12.4. The molecule has 3 saturated heterocycles. The van der Waals surface area contributed by atoms with Crippen LogP contribution in [0.5, 0.6) is 0 Å². The van der Waals surface area contributed by atoms with Crippen molar-refractivity contribution in [3.8, 4) is 0 Å². The number of nitrogens with zero attached hydrogens (tertiary/aromatic N) is 3. The highest BCUT2D eigenvalue weighted by Gasteiger charge is 2.51. The Morgan fingerprint density at radius 1 is 1.03 bits per heavy atom. The highest BCUT2D eigenvalue weighted by molar-refractivity contribution is 7.89. The second-order valence-electron chi connectivity index (χ2n) is 10.5. The lowest BCUT2D eigenvalue weighted by Crippen LogP contribution is -2.47. The molecule has 33 heavy (non-hydrogen) atoms. The van der Waals surface area contributed by atoms with Crippen molar-refractivity contribution in [2.75, 3.05) is 56.5 Å². The minimum Gasteiger partial charge on any atom is -0.462 e. The zero-order chi connectivity index (χ0) is 23.6. The van der Waals surface area contributed by atoms with Crippen molar-refractivity contribution < 1.29 is 17.9 Å². The SMILES string of the molecule is Cc1ccc(N2CCN(CC[C@@H]3CC4(CCN(S(=O)(=O)CC(C)C)CC4)C(=O)O3)CC2)cc1. The zero-order valence-electron chi connectivity index (χ0n) is 20.3. The Balaban J connectivity index is 1.22. The van der Waals surface area contributed by atoms with Crippen LogP contribution in [0.3, 0.4) is 0 Å². The molecule has 1 atom stereocenters. The number of anilines is 1. The number of piperidine rings is 1. The third kappa shape index (κ3) is 5.72. The maximum Gasteiger partial charge on any atom is 0.312 e.